The van der Waals surface area contributed by atoms with Crippen molar-refractivity contribution in [3.63, 3.8) is 0 Å². The molecule has 9 nitrogen and oxygen atoms in total. The first-order valence-electron chi connectivity index (χ1n) is 7.00. The molecule has 0 aromatic heterocycles. The number of carbonyl (C=O) groups is 2. The highest BCUT2D eigenvalue weighted by Gasteiger charge is 2.21. The van der Waals surface area contributed by atoms with Gasteiger partial charge >= 0.3 is 5.97 Å². The van der Waals surface area contributed by atoms with Gasteiger partial charge in [0, 0.05) is 5.56 Å². The van der Waals surface area contributed by atoms with Gasteiger partial charge in [-0.1, -0.05) is 11.6 Å². The number of hydrogen-bond acceptors (Lipinski definition) is 7. The maximum Gasteiger partial charge on any atom is 0.337 e. The lowest BCUT2D eigenvalue weighted by Gasteiger charge is -2.21. The number of anilines is 1. The fraction of sp³-hybridized carbons (Fsp3) is 0.0667. The predicted octanol–water partition coefficient (Wildman–Crippen LogP) is 0.799. The summed E-state index contributed by atoms with van der Waals surface area (Å²) in [6, 6.07) is 9.41. The van der Waals surface area contributed by atoms with Gasteiger partial charge in [-0.2, -0.15) is 5.53 Å². The van der Waals surface area contributed by atoms with Crippen LogP contribution < -0.4 is 21.5 Å². The number of rotatable bonds is 5. The van der Waals surface area contributed by atoms with Crippen LogP contribution in [0.3, 0.4) is 0 Å². The summed E-state index contributed by atoms with van der Waals surface area (Å²) in [5.41, 5.74) is 2.77. The molecule has 0 heterocycles. The molecule has 1 amide bonds. The number of hydrazine groups is 2. The zero-order chi connectivity index (χ0) is 19.5. The van der Waals surface area contributed by atoms with Crippen LogP contribution in [0, 0.1) is 0 Å². The summed E-state index contributed by atoms with van der Waals surface area (Å²) < 4.78 is 27.7. The molecule has 0 atom stereocenters. The Balaban J connectivity index is 2.39. The molecule has 0 unspecified atom stereocenters. The molecule has 0 aliphatic heterocycles. The molecule has 0 spiro atoms. The minimum atomic E-state index is -4.11. The Labute approximate surface area is 154 Å². The quantitative estimate of drug-likeness (QED) is 0.383. The SMILES string of the molecule is COC(=O)c1ccc(N(NN)C(=O)c2ccc(Cl)c(S(N)(=O)=O)c2)cc1. The van der Waals surface area contributed by atoms with Crippen LogP contribution in [-0.4, -0.2) is 27.4 Å². The second-order valence-electron chi connectivity index (χ2n) is 5.00. The Bertz CT molecular complexity index is 947. The Hall–Kier alpha value is -2.50. The van der Waals surface area contributed by atoms with Crippen molar-refractivity contribution in [2.24, 2.45) is 11.0 Å². The molecule has 0 aliphatic rings. The lowest BCUT2D eigenvalue weighted by molar-refractivity contribution is 0.0600. The zero-order valence-corrected chi connectivity index (χ0v) is 15.0. The first-order chi connectivity index (χ1) is 12.2. The summed E-state index contributed by atoms with van der Waals surface area (Å²) in [7, 11) is -2.86. The fourth-order valence-corrected chi connectivity index (χ4v) is 3.17. The van der Waals surface area contributed by atoms with E-state index in [2.05, 4.69) is 10.3 Å². The number of hydrogen-bond donors (Lipinski definition) is 3. The van der Waals surface area contributed by atoms with Crippen LogP contribution in [0.25, 0.3) is 0 Å². The van der Waals surface area contributed by atoms with Crippen LogP contribution in [0.5, 0.6) is 0 Å². The highest BCUT2D eigenvalue weighted by molar-refractivity contribution is 7.89. The number of sulfonamides is 1. The largest absolute Gasteiger partial charge is 0.465 e. The van der Waals surface area contributed by atoms with Crippen LogP contribution in [0.4, 0.5) is 5.69 Å². The predicted molar refractivity (Wildman–Crippen MR) is 94.7 cm³/mol. The van der Waals surface area contributed by atoms with Gasteiger partial charge in [-0.25, -0.2) is 23.4 Å². The topological polar surface area (TPSA) is 145 Å². The number of methoxy groups -OCH3 is 1. The molecule has 5 N–H and O–H groups in total. The molecular weight excluding hydrogens is 384 g/mol. The number of primary sulfonamides is 1. The van der Waals surface area contributed by atoms with Crippen molar-refractivity contribution in [1.29, 1.82) is 0 Å². The summed E-state index contributed by atoms with van der Waals surface area (Å²) in [5.74, 6) is 4.21. The van der Waals surface area contributed by atoms with Crippen molar-refractivity contribution in [2.45, 2.75) is 4.90 Å². The van der Waals surface area contributed by atoms with Gasteiger partial charge in [0.25, 0.3) is 5.91 Å². The van der Waals surface area contributed by atoms with Gasteiger partial charge in [0.2, 0.25) is 10.0 Å². The summed E-state index contributed by atoms with van der Waals surface area (Å²) in [5, 5.41) is 5.93. The number of esters is 1. The highest BCUT2D eigenvalue weighted by atomic mass is 35.5. The smallest absolute Gasteiger partial charge is 0.337 e. The third-order valence-electron chi connectivity index (χ3n) is 3.36. The molecular formula is C15H15ClN4O5S. The first-order valence-corrected chi connectivity index (χ1v) is 8.93. The van der Waals surface area contributed by atoms with Crippen molar-refractivity contribution in [3.8, 4) is 0 Å². The van der Waals surface area contributed by atoms with E-state index in [4.69, 9.17) is 22.6 Å². The van der Waals surface area contributed by atoms with Crippen LogP contribution in [0.15, 0.2) is 47.4 Å². The molecule has 26 heavy (non-hydrogen) atoms. The number of amides is 1. The standard InChI is InChI=1S/C15H15ClN4O5S/c1-25-15(22)9-2-5-11(6-3-9)20(19-17)14(21)10-4-7-12(16)13(8-10)26(18,23)24/h2-8,19H,17H2,1H3,(H2,18,23,24). The van der Waals surface area contributed by atoms with E-state index < -0.39 is 21.9 Å². The molecule has 2 aromatic carbocycles. The minimum Gasteiger partial charge on any atom is -0.465 e. The van der Waals surface area contributed by atoms with Gasteiger partial charge in [-0.3, -0.25) is 10.6 Å². The van der Waals surface area contributed by atoms with Gasteiger partial charge in [0.05, 0.1) is 23.4 Å². The Morgan fingerprint density at radius 2 is 1.69 bits per heavy atom. The molecule has 0 aliphatic carbocycles. The van der Waals surface area contributed by atoms with Crippen molar-refractivity contribution < 1.29 is 22.7 Å². The molecule has 0 saturated heterocycles. The molecule has 0 saturated carbocycles. The summed E-state index contributed by atoms with van der Waals surface area (Å²) >= 11 is 5.81. The van der Waals surface area contributed by atoms with E-state index in [0.717, 1.165) is 11.1 Å². The van der Waals surface area contributed by atoms with Gasteiger partial charge in [-0.15, -0.1) is 0 Å². The second kappa shape index (κ2) is 7.81. The van der Waals surface area contributed by atoms with Crippen molar-refractivity contribution in [2.75, 3.05) is 12.1 Å². The lowest BCUT2D eigenvalue weighted by Crippen LogP contribution is -2.47. The number of nitrogens with one attached hydrogen (secondary N) is 1. The van der Waals surface area contributed by atoms with E-state index in [-0.39, 0.29) is 21.0 Å². The van der Waals surface area contributed by atoms with E-state index in [1.54, 1.807) is 0 Å². The number of halogens is 1. The van der Waals surface area contributed by atoms with E-state index in [9.17, 15) is 18.0 Å². The lowest BCUT2D eigenvalue weighted by atomic mass is 10.1. The Morgan fingerprint density at radius 1 is 1.12 bits per heavy atom. The number of carbonyl (C=O) groups excluding carboxylic acids is 2. The average Bonchev–Trinajstić information content (AvgIpc) is 2.61. The number of benzene rings is 2. The molecule has 11 heteroatoms. The monoisotopic (exact) mass is 398 g/mol. The van der Waals surface area contributed by atoms with E-state index >= 15 is 0 Å². The fourth-order valence-electron chi connectivity index (χ4n) is 2.10. The maximum absolute atomic E-state index is 12.7. The Morgan fingerprint density at radius 3 is 2.19 bits per heavy atom. The summed E-state index contributed by atoms with van der Waals surface area (Å²) in [6.07, 6.45) is 0. The summed E-state index contributed by atoms with van der Waals surface area (Å²) in [6.45, 7) is 0. The van der Waals surface area contributed by atoms with E-state index in [0.29, 0.717) is 5.69 Å². The second-order valence-corrected chi connectivity index (χ2v) is 6.94. The zero-order valence-electron chi connectivity index (χ0n) is 13.5. The van der Waals surface area contributed by atoms with Gasteiger partial charge in [0.1, 0.15) is 4.90 Å². The van der Waals surface area contributed by atoms with Crippen LogP contribution >= 0.6 is 11.6 Å². The molecule has 2 rings (SSSR count). The summed E-state index contributed by atoms with van der Waals surface area (Å²) in [4.78, 5) is 23.7. The third-order valence-corrected chi connectivity index (χ3v) is 4.76. The van der Waals surface area contributed by atoms with Crippen molar-refractivity contribution in [3.05, 3.63) is 58.6 Å². The number of nitrogens with two attached hydrogens (primary N) is 2. The van der Waals surface area contributed by atoms with Gasteiger partial charge in [-0.05, 0) is 42.5 Å². The van der Waals surface area contributed by atoms with Crippen LogP contribution in [0.2, 0.25) is 5.02 Å². The molecule has 138 valence electrons. The highest BCUT2D eigenvalue weighted by Crippen LogP contribution is 2.23. The number of ether oxygens (including phenoxy) is 1. The van der Waals surface area contributed by atoms with E-state index in [1.807, 2.05) is 0 Å². The number of nitrogens with zero attached hydrogens (tertiary/aromatic N) is 1. The maximum atomic E-state index is 12.7. The van der Waals surface area contributed by atoms with Crippen molar-refractivity contribution in [1.82, 2.24) is 5.53 Å². The minimum absolute atomic E-state index is 0.0200. The normalized spacial score (nSPS) is 11.1. The van der Waals surface area contributed by atoms with Gasteiger partial charge in [0.15, 0.2) is 0 Å². The molecule has 0 fully saturated rings. The van der Waals surface area contributed by atoms with Crippen LogP contribution in [0.1, 0.15) is 20.7 Å². The molecule has 2 aromatic rings. The van der Waals surface area contributed by atoms with Crippen molar-refractivity contribution >= 4 is 39.2 Å². The van der Waals surface area contributed by atoms with E-state index in [1.165, 1.54) is 43.5 Å². The molecule has 0 bridgehead atoms. The molecule has 0 radical (unpaired) electrons. The Kier molecular flexibility index (Phi) is 5.95. The third kappa shape index (κ3) is 4.18. The van der Waals surface area contributed by atoms with Gasteiger partial charge < -0.3 is 4.74 Å². The average molecular weight is 399 g/mol. The van der Waals surface area contributed by atoms with Crippen LogP contribution in [-0.2, 0) is 14.8 Å². The first kappa shape index (κ1) is 19.8.